The molecule has 8 heteroatoms. The molecule has 1 fully saturated rings. The van der Waals surface area contributed by atoms with Crippen molar-refractivity contribution in [1.29, 1.82) is 0 Å². The molecule has 4 nitrogen and oxygen atoms in total. The summed E-state index contributed by atoms with van der Waals surface area (Å²) in [5.74, 6) is -0.510. The number of amides is 3. The third kappa shape index (κ3) is 2.81. The molecule has 1 N–H and O–H groups in total. The van der Waals surface area contributed by atoms with Crippen molar-refractivity contribution in [3.8, 4) is 0 Å². The first-order valence-electron chi connectivity index (χ1n) is 5.27. The van der Waals surface area contributed by atoms with E-state index in [1.165, 1.54) is 6.07 Å². The molecule has 0 unspecified atom stereocenters. The molecule has 19 heavy (non-hydrogen) atoms. The molecule has 0 saturated carbocycles. The maximum atomic E-state index is 12.9. The summed E-state index contributed by atoms with van der Waals surface area (Å²) in [5.41, 5.74) is -1.33. The molecule has 0 bridgehead atoms. The number of anilines is 1. The lowest BCUT2D eigenvalue weighted by Crippen LogP contribution is -2.50. The van der Waals surface area contributed by atoms with E-state index in [2.05, 4.69) is 0 Å². The van der Waals surface area contributed by atoms with Crippen LogP contribution in [0.25, 0.3) is 0 Å². The van der Waals surface area contributed by atoms with Crippen LogP contribution in [0.4, 0.5) is 23.7 Å². The molecule has 1 aromatic carbocycles. The molecule has 3 amide bonds. The molecular formula is C11H8ClF3N2O2. The molecule has 0 spiro atoms. The average molecular weight is 293 g/mol. The zero-order valence-electron chi connectivity index (χ0n) is 9.42. The van der Waals surface area contributed by atoms with Crippen molar-refractivity contribution in [2.24, 2.45) is 0 Å². The SMILES string of the molecule is O=C1CCN(c2ccc(Cl)cc2C(F)(F)F)C(=O)N1. The standard InChI is InChI=1S/C11H8ClF3N2O2/c12-6-1-2-8(7(5-6)11(13,14)15)17-4-3-9(18)16-10(17)19/h1-2,5H,3-4H2,(H,16,18,19). The lowest BCUT2D eigenvalue weighted by atomic mass is 10.1. The van der Waals surface area contributed by atoms with E-state index in [1.807, 2.05) is 5.32 Å². The number of halogens is 4. The van der Waals surface area contributed by atoms with Gasteiger partial charge >= 0.3 is 12.2 Å². The van der Waals surface area contributed by atoms with Gasteiger partial charge in [-0.2, -0.15) is 13.2 Å². The van der Waals surface area contributed by atoms with Gasteiger partial charge < -0.3 is 0 Å². The molecule has 1 saturated heterocycles. The number of nitrogens with one attached hydrogen (secondary N) is 1. The third-order valence-corrected chi connectivity index (χ3v) is 2.84. The highest BCUT2D eigenvalue weighted by molar-refractivity contribution is 6.30. The van der Waals surface area contributed by atoms with E-state index >= 15 is 0 Å². The second-order valence-electron chi connectivity index (χ2n) is 3.91. The molecular weight excluding hydrogens is 285 g/mol. The Morgan fingerprint density at radius 3 is 2.53 bits per heavy atom. The van der Waals surface area contributed by atoms with Crippen molar-refractivity contribution >= 4 is 29.2 Å². The van der Waals surface area contributed by atoms with Gasteiger partial charge in [0.15, 0.2) is 0 Å². The van der Waals surface area contributed by atoms with Crippen molar-refractivity contribution in [1.82, 2.24) is 5.32 Å². The topological polar surface area (TPSA) is 49.4 Å². The normalized spacial score (nSPS) is 16.5. The van der Waals surface area contributed by atoms with Gasteiger partial charge in [-0.3, -0.25) is 15.0 Å². The number of carbonyl (C=O) groups is 2. The maximum Gasteiger partial charge on any atom is 0.418 e. The Kier molecular flexibility index (Phi) is 3.40. The lowest BCUT2D eigenvalue weighted by molar-refractivity contribution is -0.137. The lowest BCUT2D eigenvalue weighted by Gasteiger charge is -2.28. The summed E-state index contributed by atoms with van der Waals surface area (Å²) >= 11 is 5.55. The second kappa shape index (κ2) is 4.73. The third-order valence-electron chi connectivity index (χ3n) is 2.61. The number of hydrogen-bond acceptors (Lipinski definition) is 2. The Labute approximate surface area is 111 Å². The summed E-state index contributed by atoms with van der Waals surface area (Å²) in [6, 6.07) is 2.25. The van der Waals surface area contributed by atoms with Crippen molar-refractivity contribution in [3.05, 3.63) is 28.8 Å². The molecule has 2 rings (SSSR count). The van der Waals surface area contributed by atoms with Gasteiger partial charge in [-0.05, 0) is 18.2 Å². The first-order chi connectivity index (χ1) is 8.79. The predicted molar refractivity (Wildman–Crippen MR) is 62.0 cm³/mol. The first-order valence-corrected chi connectivity index (χ1v) is 5.65. The Bertz CT molecular complexity index is 545. The summed E-state index contributed by atoms with van der Waals surface area (Å²) in [6.45, 7) is -0.102. The van der Waals surface area contributed by atoms with Crippen molar-refractivity contribution < 1.29 is 22.8 Å². The number of carbonyl (C=O) groups excluding carboxylic acids is 2. The van der Waals surface area contributed by atoms with Crippen LogP contribution in [0.1, 0.15) is 12.0 Å². The van der Waals surface area contributed by atoms with Crippen LogP contribution >= 0.6 is 11.6 Å². The molecule has 0 atom stereocenters. The number of benzene rings is 1. The Morgan fingerprint density at radius 1 is 1.26 bits per heavy atom. The predicted octanol–water partition coefficient (Wildman–Crippen LogP) is 2.81. The minimum atomic E-state index is -4.64. The zero-order valence-corrected chi connectivity index (χ0v) is 10.2. The van der Waals surface area contributed by atoms with Crippen LogP contribution in [0.15, 0.2) is 18.2 Å². The highest BCUT2D eigenvalue weighted by Crippen LogP contribution is 2.38. The van der Waals surface area contributed by atoms with E-state index in [9.17, 15) is 22.8 Å². The fourth-order valence-corrected chi connectivity index (χ4v) is 1.94. The molecule has 1 aliphatic heterocycles. The van der Waals surface area contributed by atoms with E-state index in [-0.39, 0.29) is 23.7 Å². The van der Waals surface area contributed by atoms with Gasteiger partial charge in [0.25, 0.3) is 0 Å². The summed E-state index contributed by atoms with van der Waals surface area (Å²) in [4.78, 5) is 23.4. The number of urea groups is 1. The fourth-order valence-electron chi connectivity index (χ4n) is 1.76. The largest absolute Gasteiger partial charge is 0.418 e. The van der Waals surface area contributed by atoms with Gasteiger partial charge in [0.2, 0.25) is 5.91 Å². The smallest absolute Gasteiger partial charge is 0.293 e. The Morgan fingerprint density at radius 2 is 1.95 bits per heavy atom. The van der Waals surface area contributed by atoms with E-state index in [1.54, 1.807) is 0 Å². The summed E-state index contributed by atoms with van der Waals surface area (Å²) in [6.07, 6.45) is -4.69. The minimum Gasteiger partial charge on any atom is -0.293 e. The zero-order chi connectivity index (χ0) is 14.2. The number of nitrogens with zero attached hydrogens (tertiary/aromatic N) is 1. The molecule has 1 aromatic rings. The van der Waals surface area contributed by atoms with Gasteiger partial charge in [-0.15, -0.1) is 0 Å². The van der Waals surface area contributed by atoms with Crippen molar-refractivity contribution in [3.63, 3.8) is 0 Å². The quantitative estimate of drug-likeness (QED) is 0.865. The molecule has 0 radical (unpaired) electrons. The van der Waals surface area contributed by atoms with Crippen LogP contribution in [0.2, 0.25) is 5.02 Å². The van der Waals surface area contributed by atoms with Gasteiger partial charge in [0.1, 0.15) is 0 Å². The van der Waals surface area contributed by atoms with Crippen LogP contribution in [0, 0.1) is 0 Å². The first kappa shape index (κ1) is 13.7. The number of rotatable bonds is 1. The average Bonchev–Trinajstić information content (AvgIpc) is 2.28. The molecule has 0 aromatic heterocycles. The van der Waals surface area contributed by atoms with Gasteiger partial charge in [0.05, 0.1) is 11.3 Å². The summed E-state index contributed by atoms with van der Waals surface area (Å²) in [5, 5.41) is 1.89. The van der Waals surface area contributed by atoms with E-state index in [4.69, 9.17) is 11.6 Å². The fraction of sp³-hybridized carbons (Fsp3) is 0.273. The maximum absolute atomic E-state index is 12.9. The second-order valence-corrected chi connectivity index (χ2v) is 4.35. The number of imide groups is 1. The summed E-state index contributed by atoms with van der Waals surface area (Å²) < 4.78 is 38.7. The van der Waals surface area contributed by atoms with E-state index < -0.39 is 23.7 Å². The molecule has 1 heterocycles. The number of alkyl halides is 3. The molecule has 102 valence electrons. The van der Waals surface area contributed by atoms with Crippen molar-refractivity contribution in [2.75, 3.05) is 11.4 Å². The van der Waals surface area contributed by atoms with Gasteiger partial charge in [0, 0.05) is 18.0 Å². The van der Waals surface area contributed by atoms with Gasteiger partial charge in [-0.1, -0.05) is 11.6 Å². The Hall–Kier alpha value is -1.76. The van der Waals surface area contributed by atoms with E-state index in [0.717, 1.165) is 17.0 Å². The monoisotopic (exact) mass is 292 g/mol. The highest BCUT2D eigenvalue weighted by Gasteiger charge is 2.37. The number of hydrogen-bond donors (Lipinski definition) is 1. The Balaban J connectivity index is 2.45. The van der Waals surface area contributed by atoms with Crippen LogP contribution in [-0.2, 0) is 11.0 Å². The summed E-state index contributed by atoms with van der Waals surface area (Å²) in [7, 11) is 0. The minimum absolute atomic E-state index is 0.0499. The highest BCUT2D eigenvalue weighted by atomic mass is 35.5. The van der Waals surface area contributed by atoms with E-state index in [0.29, 0.717) is 0 Å². The molecule has 1 aliphatic rings. The van der Waals surface area contributed by atoms with Crippen LogP contribution in [-0.4, -0.2) is 18.5 Å². The van der Waals surface area contributed by atoms with Crippen LogP contribution < -0.4 is 10.2 Å². The van der Waals surface area contributed by atoms with Crippen molar-refractivity contribution in [2.45, 2.75) is 12.6 Å². The van der Waals surface area contributed by atoms with Crippen LogP contribution in [0.5, 0.6) is 0 Å². The van der Waals surface area contributed by atoms with Gasteiger partial charge in [-0.25, -0.2) is 4.79 Å². The molecule has 0 aliphatic carbocycles. The van der Waals surface area contributed by atoms with Crippen LogP contribution in [0.3, 0.4) is 0 Å².